The van der Waals surface area contributed by atoms with Crippen LogP contribution in [-0.4, -0.2) is 9.97 Å². The van der Waals surface area contributed by atoms with Crippen LogP contribution in [0.4, 0.5) is 11.4 Å². The van der Waals surface area contributed by atoms with Crippen LogP contribution in [0, 0.1) is 0 Å². The largest absolute Gasteiger partial charge is 0.482 e. The van der Waals surface area contributed by atoms with Gasteiger partial charge in [-0.05, 0) is 62.4 Å². The molecule has 5 rings (SSSR count). The van der Waals surface area contributed by atoms with Crippen LogP contribution >= 0.6 is 0 Å². The maximum absolute atomic E-state index is 6.25. The number of anilines is 2. The molecule has 1 aliphatic heterocycles. The van der Waals surface area contributed by atoms with Gasteiger partial charge in [-0.25, -0.2) is 0 Å². The number of nitrogens with zero attached hydrogens (tertiary/aromatic N) is 2. The van der Waals surface area contributed by atoms with Crippen molar-refractivity contribution in [3.8, 4) is 28.3 Å². The molecule has 4 aromatic rings. The Labute approximate surface area is 170 Å². The zero-order valence-electron chi connectivity index (χ0n) is 16.4. The standard InChI is InChI=1S/C25H21N3O/c1-25(2)21-9-6-14-27-24(21)20-16-19(11-12-23(20)29-25)28-18-8-5-7-17(15-18)22-10-3-4-13-26-22/h3-16,28H,1-2H3. The summed E-state index contributed by atoms with van der Waals surface area (Å²) in [5, 5.41) is 3.50. The Morgan fingerprint density at radius 2 is 1.66 bits per heavy atom. The summed E-state index contributed by atoms with van der Waals surface area (Å²) in [7, 11) is 0. The molecule has 2 aromatic heterocycles. The first kappa shape index (κ1) is 17.4. The molecular formula is C25H21N3O. The van der Waals surface area contributed by atoms with Crippen LogP contribution in [0.1, 0.15) is 19.4 Å². The number of aromatic nitrogens is 2. The zero-order chi connectivity index (χ0) is 19.8. The van der Waals surface area contributed by atoms with Gasteiger partial charge in [-0.3, -0.25) is 9.97 Å². The minimum absolute atomic E-state index is 0.400. The highest BCUT2D eigenvalue weighted by molar-refractivity contribution is 5.78. The molecule has 2 aromatic carbocycles. The molecule has 0 amide bonds. The third-order valence-corrected chi connectivity index (χ3v) is 5.17. The van der Waals surface area contributed by atoms with E-state index in [4.69, 9.17) is 4.74 Å². The summed E-state index contributed by atoms with van der Waals surface area (Å²) in [5.74, 6) is 0.856. The van der Waals surface area contributed by atoms with Gasteiger partial charge in [0.1, 0.15) is 11.4 Å². The molecule has 0 spiro atoms. The first-order valence-electron chi connectivity index (χ1n) is 9.68. The van der Waals surface area contributed by atoms with Gasteiger partial charge in [-0.2, -0.15) is 0 Å². The second-order valence-electron chi connectivity index (χ2n) is 7.64. The number of fused-ring (bicyclic) bond motifs is 3. The summed E-state index contributed by atoms with van der Waals surface area (Å²) in [6.07, 6.45) is 3.64. The topological polar surface area (TPSA) is 47.0 Å². The number of hydrogen-bond acceptors (Lipinski definition) is 4. The molecule has 0 aliphatic carbocycles. The number of ether oxygens (including phenoxy) is 1. The lowest BCUT2D eigenvalue weighted by molar-refractivity contribution is 0.105. The van der Waals surface area contributed by atoms with Gasteiger partial charge in [0.25, 0.3) is 0 Å². The van der Waals surface area contributed by atoms with E-state index in [-0.39, 0.29) is 0 Å². The van der Waals surface area contributed by atoms with E-state index in [2.05, 4.69) is 59.5 Å². The third-order valence-electron chi connectivity index (χ3n) is 5.17. The van der Waals surface area contributed by atoms with Crippen LogP contribution in [0.15, 0.2) is 85.2 Å². The molecule has 0 atom stereocenters. The highest BCUT2D eigenvalue weighted by Gasteiger charge is 2.33. The fourth-order valence-corrected chi connectivity index (χ4v) is 3.77. The fourth-order valence-electron chi connectivity index (χ4n) is 3.77. The smallest absolute Gasteiger partial charge is 0.131 e. The van der Waals surface area contributed by atoms with E-state index in [1.165, 1.54) is 0 Å². The van der Waals surface area contributed by atoms with Gasteiger partial charge in [0.2, 0.25) is 0 Å². The lowest BCUT2D eigenvalue weighted by Gasteiger charge is -2.34. The fraction of sp³-hybridized carbons (Fsp3) is 0.120. The van der Waals surface area contributed by atoms with Crippen molar-refractivity contribution in [3.05, 3.63) is 90.8 Å². The Morgan fingerprint density at radius 3 is 2.52 bits per heavy atom. The molecule has 4 nitrogen and oxygen atoms in total. The van der Waals surface area contributed by atoms with Crippen molar-refractivity contribution in [2.45, 2.75) is 19.4 Å². The molecule has 29 heavy (non-hydrogen) atoms. The third kappa shape index (κ3) is 3.23. The highest BCUT2D eigenvalue weighted by Crippen LogP contribution is 2.45. The Kier molecular flexibility index (Phi) is 4.06. The molecule has 0 fully saturated rings. The quantitative estimate of drug-likeness (QED) is 0.462. The minimum atomic E-state index is -0.400. The molecule has 4 heteroatoms. The first-order valence-corrected chi connectivity index (χ1v) is 9.68. The van der Waals surface area contributed by atoms with Crippen molar-refractivity contribution >= 4 is 11.4 Å². The monoisotopic (exact) mass is 379 g/mol. The van der Waals surface area contributed by atoms with Gasteiger partial charge >= 0.3 is 0 Å². The van der Waals surface area contributed by atoms with Crippen LogP contribution in [0.2, 0.25) is 0 Å². The maximum Gasteiger partial charge on any atom is 0.131 e. The van der Waals surface area contributed by atoms with E-state index >= 15 is 0 Å². The van der Waals surface area contributed by atoms with E-state index in [1.54, 1.807) is 0 Å². The van der Waals surface area contributed by atoms with Crippen molar-refractivity contribution in [1.82, 2.24) is 9.97 Å². The average molecular weight is 379 g/mol. The van der Waals surface area contributed by atoms with E-state index in [0.29, 0.717) is 0 Å². The summed E-state index contributed by atoms with van der Waals surface area (Å²) in [4.78, 5) is 9.08. The molecule has 1 aliphatic rings. The summed E-state index contributed by atoms with van der Waals surface area (Å²) in [5.41, 5.74) is 6.70. The highest BCUT2D eigenvalue weighted by atomic mass is 16.5. The van der Waals surface area contributed by atoms with Crippen molar-refractivity contribution in [2.75, 3.05) is 5.32 Å². The van der Waals surface area contributed by atoms with Gasteiger partial charge < -0.3 is 10.1 Å². The van der Waals surface area contributed by atoms with Crippen LogP contribution in [0.3, 0.4) is 0 Å². The molecule has 142 valence electrons. The van der Waals surface area contributed by atoms with Crippen LogP contribution in [0.25, 0.3) is 22.5 Å². The second-order valence-corrected chi connectivity index (χ2v) is 7.64. The number of hydrogen-bond donors (Lipinski definition) is 1. The molecular weight excluding hydrogens is 358 g/mol. The molecule has 0 saturated carbocycles. The zero-order valence-corrected chi connectivity index (χ0v) is 16.4. The Hall–Kier alpha value is -3.66. The SMILES string of the molecule is CC1(C)Oc2ccc(Nc3cccc(-c4ccccn4)c3)cc2-c2ncccc21. The number of nitrogens with one attached hydrogen (secondary N) is 1. The predicted molar refractivity (Wildman–Crippen MR) is 116 cm³/mol. The summed E-state index contributed by atoms with van der Waals surface area (Å²) in [6, 6.07) is 24.4. The van der Waals surface area contributed by atoms with Crippen molar-refractivity contribution < 1.29 is 4.74 Å². The summed E-state index contributed by atoms with van der Waals surface area (Å²) in [6.45, 7) is 4.15. The molecule has 0 bridgehead atoms. The van der Waals surface area contributed by atoms with Crippen LogP contribution < -0.4 is 10.1 Å². The molecule has 0 saturated heterocycles. The maximum atomic E-state index is 6.25. The van der Waals surface area contributed by atoms with E-state index < -0.39 is 5.60 Å². The molecule has 0 radical (unpaired) electrons. The van der Waals surface area contributed by atoms with Gasteiger partial charge in [-0.15, -0.1) is 0 Å². The van der Waals surface area contributed by atoms with E-state index in [1.807, 2.05) is 54.9 Å². The van der Waals surface area contributed by atoms with Gasteiger partial charge in [-0.1, -0.05) is 24.3 Å². The van der Waals surface area contributed by atoms with Gasteiger partial charge in [0.05, 0.1) is 11.4 Å². The van der Waals surface area contributed by atoms with E-state index in [9.17, 15) is 0 Å². The van der Waals surface area contributed by atoms with Gasteiger partial charge in [0, 0.05) is 40.5 Å². The predicted octanol–water partition coefficient (Wildman–Crippen LogP) is 6.18. The van der Waals surface area contributed by atoms with Gasteiger partial charge in [0.15, 0.2) is 0 Å². The summed E-state index contributed by atoms with van der Waals surface area (Å²) < 4.78 is 6.25. The molecule has 0 unspecified atom stereocenters. The first-order chi connectivity index (χ1) is 14.1. The lowest BCUT2D eigenvalue weighted by Crippen LogP contribution is -2.29. The molecule has 1 N–H and O–H groups in total. The summed E-state index contributed by atoms with van der Waals surface area (Å²) >= 11 is 0. The second kappa shape index (κ2) is 6.74. The number of rotatable bonds is 3. The Balaban J connectivity index is 1.50. The molecule has 3 heterocycles. The number of benzene rings is 2. The van der Waals surface area contributed by atoms with Crippen molar-refractivity contribution in [2.24, 2.45) is 0 Å². The normalized spacial score (nSPS) is 13.7. The van der Waals surface area contributed by atoms with Crippen molar-refractivity contribution in [3.63, 3.8) is 0 Å². The van der Waals surface area contributed by atoms with Crippen LogP contribution in [0.5, 0.6) is 5.75 Å². The average Bonchev–Trinajstić information content (AvgIpc) is 2.75. The minimum Gasteiger partial charge on any atom is -0.482 e. The van der Waals surface area contributed by atoms with Crippen LogP contribution in [-0.2, 0) is 5.60 Å². The number of pyridine rings is 2. The van der Waals surface area contributed by atoms with E-state index in [0.717, 1.165) is 45.2 Å². The Morgan fingerprint density at radius 1 is 0.793 bits per heavy atom. The Bertz CT molecular complexity index is 1190. The van der Waals surface area contributed by atoms with Crippen molar-refractivity contribution in [1.29, 1.82) is 0 Å². The lowest BCUT2D eigenvalue weighted by atomic mass is 9.89.